The Kier molecular flexibility index (Phi) is 5.77. The van der Waals surface area contributed by atoms with E-state index < -0.39 is 17.7 Å². The van der Waals surface area contributed by atoms with Gasteiger partial charge in [-0.1, -0.05) is 36.7 Å². The Morgan fingerprint density at radius 2 is 1.96 bits per heavy atom. The summed E-state index contributed by atoms with van der Waals surface area (Å²) in [6.45, 7) is 5.37. The summed E-state index contributed by atoms with van der Waals surface area (Å²) in [5.41, 5.74) is 0.713. The molecule has 8 heteroatoms. The standard InChI is InChI=1S/C17H19ClF3N3O/c1-10(9-24-12(3)15(18)11(2)23-24)16(25)22-8-13-6-4-5-7-14(13)17(19,20)21/h4-7,10H,8-9H2,1-3H3,(H,22,25)/t10-/m0/s1. The highest BCUT2D eigenvalue weighted by Crippen LogP contribution is 2.31. The number of carbonyl (C=O) groups is 1. The number of rotatable bonds is 5. The van der Waals surface area contributed by atoms with Crippen molar-refractivity contribution in [2.75, 3.05) is 0 Å². The van der Waals surface area contributed by atoms with Crippen molar-refractivity contribution >= 4 is 17.5 Å². The van der Waals surface area contributed by atoms with Gasteiger partial charge in [-0.15, -0.1) is 0 Å². The molecule has 0 radical (unpaired) electrons. The number of hydrogen-bond acceptors (Lipinski definition) is 2. The predicted molar refractivity (Wildman–Crippen MR) is 89.2 cm³/mol. The lowest BCUT2D eigenvalue weighted by atomic mass is 10.1. The number of hydrogen-bond donors (Lipinski definition) is 1. The number of nitrogens with one attached hydrogen (secondary N) is 1. The van der Waals surface area contributed by atoms with Crippen molar-refractivity contribution in [1.82, 2.24) is 15.1 Å². The molecule has 0 aliphatic rings. The first-order valence-corrected chi connectivity index (χ1v) is 8.11. The first-order chi connectivity index (χ1) is 11.6. The third kappa shape index (κ3) is 4.54. The second kappa shape index (κ2) is 7.47. The van der Waals surface area contributed by atoms with E-state index in [0.717, 1.165) is 11.8 Å². The fourth-order valence-corrected chi connectivity index (χ4v) is 2.64. The molecule has 0 spiro atoms. The summed E-state index contributed by atoms with van der Waals surface area (Å²) < 4.78 is 40.5. The first kappa shape index (κ1) is 19.3. The lowest BCUT2D eigenvalue weighted by Crippen LogP contribution is -2.32. The van der Waals surface area contributed by atoms with Crippen LogP contribution in [-0.4, -0.2) is 15.7 Å². The topological polar surface area (TPSA) is 46.9 Å². The molecule has 0 aliphatic heterocycles. The second-order valence-electron chi connectivity index (χ2n) is 5.94. The summed E-state index contributed by atoms with van der Waals surface area (Å²) in [6, 6.07) is 5.19. The Morgan fingerprint density at radius 1 is 1.32 bits per heavy atom. The molecule has 4 nitrogen and oxygen atoms in total. The first-order valence-electron chi connectivity index (χ1n) is 7.73. The molecule has 1 amide bonds. The maximum absolute atomic E-state index is 13.0. The summed E-state index contributed by atoms with van der Waals surface area (Å²) >= 11 is 6.07. The minimum Gasteiger partial charge on any atom is -0.352 e. The summed E-state index contributed by atoms with van der Waals surface area (Å²) in [5, 5.41) is 7.36. The number of benzene rings is 1. The van der Waals surface area contributed by atoms with E-state index in [1.165, 1.54) is 18.2 Å². The molecule has 0 bridgehead atoms. The van der Waals surface area contributed by atoms with Gasteiger partial charge in [-0.2, -0.15) is 18.3 Å². The molecule has 0 saturated carbocycles. The van der Waals surface area contributed by atoms with E-state index >= 15 is 0 Å². The fraction of sp³-hybridized carbons (Fsp3) is 0.412. The molecule has 2 aromatic rings. The number of amides is 1. The van der Waals surface area contributed by atoms with Crippen molar-refractivity contribution in [3.05, 3.63) is 51.8 Å². The summed E-state index contributed by atoms with van der Waals surface area (Å²) in [6.07, 6.45) is -4.45. The molecule has 0 unspecified atom stereocenters. The van der Waals surface area contributed by atoms with Crippen LogP contribution in [0.1, 0.15) is 29.4 Å². The molecule has 0 aliphatic carbocycles. The molecule has 1 atom stereocenters. The van der Waals surface area contributed by atoms with Gasteiger partial charge in [0.25, 0.3) is 0 Å². The van der Waals surface area contributed by atoms with Crippen molar-refractivity contribution in [3.8, 4) is 0 Å². The van der Waals surface area contributed by atoms with Crippen molar-refractivity contribution < 1.29 is 18.0 Å². The molecule has 1 aromatic carbocycles. The van der Waals surface area contributed by atoms with Crippen molar-refractivity contribution in [2.45, 2.75) is 40.0 Å². The zero-order valence-corrected chi connectivity index (χ0v) is 14.9. The Hall–Kier alpha value is -2.02. The van der Waals surface area contributed by atoms with Crippen LogP contribution in [0.4, 0.5) is 13.2 Å². The minimum atomic E-state index is -4.45. The fourth-order valence-electron chi connectivity index (χ4n) is 2.50. The van der Waals surface area contributed by atoms with Crippen LogP contribution in [0.5, 0.6) is 0 Å². The number of nitrogens with zero attached hydrogens (tertiary/aromatic N) is 2. The van der Waals surface area contributed by atoms with Crippen LogP contribution < -0.4 is 5.32 Å². The third-order valence-corrected chi connectivity index (χ3v) is 4.51. The molecule has 25 heavy (non-hydrogen) atoms. The predicted octanol–water partition coefficient (Wildman–Crippen LogP) is 4.12. The van der Waals surface area contributed by atoms with Crippen LogP contribution in [0.2, 0.25) is 5.02 Å². The molecule has 1 heterocycles. The zero-order chi connectivity index (χ0) is 18.8. The zero-order valence-electron chi connectivity index (χ0n) is 14.1. The normalized spacial score (nSPS) is 12.9. The molecular weight excluding hydrogens is 355 g/mol. The van der Waals surface area contributed by atoms with Crippen molar-refractivity contribution in [3.63, 3.8) is 0 Å². The van der Waals surface area contributed by atoms with Gasteiger partial charge in [0.2, 0.25) is 5.91 Å². The Labute approximate surface area is 149 Å². The maximum Gasteiger partial charge on any atom is 0.416 e. The Morgan fingerprint density at radius 3 is 2.52 bits per heavy atom. The molecule has 1 N–H and O–H groups in total. The Balaban J connectivity index is 2.02. The highest BCUT2D eigenvalue weighted by molar-refractivity contribution is 6.31. The SMILES string of the molecule is Cc1nn(C[C@H](C)C(=O)NCc2ccccc2C(F)(F)F)c(C)c1Cl. The molecular formula is C17H19ClF3N3O. The van der Waals surface area contributed by atoms with Crippen LogP contribution in [0.15, 0.2) is 24.3 Å². The van der Waals surface area contributed by atoms with E-state index in [1.807, 2.05) is 0 Å². The number of aromatic nitrogens is 2. The number of halogens is 4. The monoisotopic (exact) mass is 373 g/mol. The van der Waals surface area contributed by atoms with E-state index in [9.17, 15) is 18.0 Å². The van der Waals surface area contributed by atoms with Gasteiger partial charge in [-0.25, -0.2) is 0 Å². The smallest absolute Gasteiger partial charge is 0.352 e. The molecule has 136 valence electrons. The van der Waals surface area contributed by atoms with Gasteiger partial charge in [0.15, 0.2) is 0 Å². The lowest BCUT2D eigenvalue weighted by Gasteiger charge is -2.16. The molecule has 1 aromatic heterocycles. The van der Waals surface area contributed by atoms with Crippen LogP contribution in [0.25, 0.3) is 0 Å². The maximum atomic E-state index is 13.0. The van der Waals surface area contributed by atoms with Gasteiger partial charge >= 0.3 is 6.18 Å². The van der Waals surface area contributed by atoms with Crippen LogP contribution >= 0.6 is 11.6 Å². The molecule has 0 fully saturated rings. The van der Waals surface area contributed by atoms with Crippen molar-refractivity contribution in [2.24, 2.45) is 5.92 Å². The quantitative estimate of drug-likeness (QED) is 0.856. The largest absolute Gasteiger partial charge is 0.416 e. The third-order valence-electron chi connectivity index (χ3n) is 3.96. The van der Waals surface area contributed by atoms with Gasteiger partial charge in [-0.3, -0.25) is 9.48 Å². The molecule has 2 rings (SSSR count). The number of aryl methyl sites for hydroxylation is 1. The van der Waals surface area contributed by atoms with Gasteiger partial charge < -0.3 is 5.32 Å². The Bertz CT molecular complexity index is 771. The lowest BCUT2D eigenvalue weighted by molar-refractivity contribution is -0.138. The highest BCUT2D eigenvalue weighted by Gasteiger charge is 2.32. The number of alkyl halides is 3. The summed E-state index contributed by atoms with van der Waals surface area (Å²) in [4.78, 5) is 12.2. The van der Waals surface area contributed by atoms with E-state index in [4.69, 9.17) is 11.6 Å². The van der Waals surface area contributed by atoms with Gasteiger partial charge in [0, 0.05) is 6.54 Å². The average Bonchev–Trinajstić information content (AvgIpc) is 2.79. The second-order valence-corrected chi connectivity index (χ2v) is 6.32. The average molecular weight is 374 g/mol. The van der Waals surface area contributed by atoms with E-state index in [0.29, 0.717) is 17.3 Å². The van der Waals surface area contributed by atoms with Crippen LogP contribution in [0.3, 0.4) is 0 Å². The van der Waals surface area contributed by atoms with Crippen LogP contribution in [-0.2, 0) is 24.1 Å². The van der Waals surface area contributed by atoms with Crippen LogP contribution in [0, 0.1) is 19.8 Å². The summed E-state index contributed by atoms with van der Waals surface area (Å²) in [5.74, 6) is -0.812. The van der Waals surface area contributed by atoms with E-state index in [1.54, 1.807) is 25.5 Å². The van der Waals surface area contributed by atoms with Gasteiger partial charge in [0.05, 0.1) is 34.4 Å². The number of carbonyl (C=O) groups excluding carboxylic acids is 1. The highest BCUT2D eigenvalue weighted by atomic mass is 35.5. The van der Waals surface area contributed by atoms with Crippen molar-refractivity contribution in [1.29, 1.82) is 0 Å². The van der Waals surface area contributed by atoms with E-state index in [-0.39, 0.29) is 18.0 Å². The van der Waals surface area contributed by atoms with Gasteiger partial charge in [0.1, 0.15) is 0 Å². The van der Waals surface area contributed by atoms with E-state index in [2.05, 4.69) is 10.4 Å². The van der Waals surface area contributed by atoms with Gasteiger partial charge in [-0.05, 0) is 25.5 Å². The summed E-state index contributed by atoms with van der Waals surface area (Å²) in [7, 11) is 0. The minimum absolute atomic E-state index is 0.0321. The molecule has 0 saturated heterocycles.